The number of hydrogen-bond donors (Lipinski definition) is 1. The maximum Gasteiger partial charge on any atom is 0.260 e. The number of aromatic nitrogens is 2. The van der Waals surface area contributed by atoms with Gasteiger partial charge in [0.2, 0.25) is 0 Å². The number of rotatable bonds is 3. The van der Waals surface area contributed by atoms with Crippen LogP contribution in [0.3, 0.4) is 0 Å². The largest absolute Gasteiger partial charge is 0.266 e. The molecule has 2 heterocycles. The lowest BCUT2D eigenvalue weighted by molar-refractivity contribution is 0.280. The van der Waals surface area contributed by atoms with E-state index in [1.807, 2.05) is 0 Å². The lowest BCUT2D eigenvalue weighted by Crippen LogP contribution is -2.39. The topological polar surface area (TPSA) is 66.1 Å². The summed E-state index contributed by atoms with van der Waals surface area (Å²) in [6.07, 6.45) is 3.45. The van der Waals surface area contributed by atoms with Gasteiger partial charge in [-0.3, -0.25) is 5.10 Å². The van der Waals surface area contributed by atoms with Crippen molar-refractivity contribution in [3.63, 3.8) is 0 Å². The Morgan fingerprint density at radius 3 is 3.06 bits per heavy atom. The molecule has 0 aromatic carbocycles. The molecule has 1 fully saturated rings. The van der Waals surface area contributed by atoms with Gasteiger partial charge in [0.15, 0.2) is 5.03 Å². The van der Waals surface area contributed by atoms with Crippen LogP contribution in [0.5, 0.6) is 0 Å². The van der Waals surface area contributed by atoms with E-state index in [-0.39, 0.29) is 10.9 Å². The molecule has 96 valence electrons. The summed E-state index contributed by atoms with van der Waals surface area (Å²) in [5, 5.41) is 6.44. The summed E-state index contributed by atoms with van der Waals surface area (Å²) in [5.41, 5.74) is 0.532. The normalized spacial score (nSPS) is 22.8. The second-order valence-electron chi connectivity index (χ2n) is 4.47. The first-order valence-corrected chi connectivity index (χ1v) is 7.61. The molecule has 1 aromatic rings. The van der Waals surface area contributed by atoms with Gasteiger partial charge in [-0.1, -0.05) is 6.92 Å². The Labute approximate surface area is 106 Å². The lowest BCUT2D eigenvalue weighted by atomic mass is 10.0. The highest BCUT2D eigenvalue weighted by Gasteiger charge is 2.31. The molecule has 1 unspecified atom stereocenters. The number of aromatic amines is 1. The van der Waals surface area contributed by atoms with Gasteiger partial charge in [0.1, 0.15) is 0 Å². The van der Waals surface area contributed by atoms with Crippen molar-refractivity contribution >= 4 is 21.6 Å². The number of alkyl halides is 1. The standard InChI is InChI=1S/C10H16ClN3O2S/c1-8-3-2-4-14(7-8)17(15,16)10-9(5-11)6-12-13-10/h6,8H,2-5,7H2,1H3,(H,12,13). The summed E-state index contributed by atoms with van der Waals surface area (Å²) < 4.78 is 26.3. The Morgan fingerprint density at radius 1 is 1.65 bits per heavy atom. The van der Waals surface area contributed by atoms with Gasteiger partial charge in [0.05, 0.1) is 12.1 Å². The van der Waals surface area contributed by atoms with Crippen molar-refractivity contribution in [3.8, 4) is 0 Å². The molecule has 7 heteroatoms. The molecule has 1 aliphatic rings. The first-order valence-electron chi connectivity index (χ1n) is 5.64. The van der Waals surface area contributed by atoms with Gasteiger partial charge in [-0.2, -0.15) is 9.40 Å². The number of halogens is 1. The zero-order valence-corrected chi connectivity index (χ0v) is 11.3. The van der Waals surface area contributed by atoms with Gasteiger partial charge in [-0.15, -0.1) is 11.6 Å². The van der Waals surface area contributed by atoms with E-state index >= 15 is 0 Å². The maximum absolute atomic E-state index is 12.4. The predicted molar refractivity (Wildman–Crippen MR) is 65.3 cm³/mol. The molecule has 1 atom stereocenters. The monoisotopic (exact) mass is 277 g/mol. The van der Waals surface area contributed by atoms with E-state index in [0.29, 0.717) is 24.6 Å². The molecule has 17 heavy (non-hydrogen) atoms. The molecule has 0 bridgehead atoms. The first-order chi connectivity index (χ1) is 8.05. The van der Waals surface area contributed by atoms with Crippen LogP contribution in [0.15, 0.2) is 11.2 Å². The second-order valence-corrected chi connectivity index (χ2v) is 6.61. The fourth-order valence-electron chi connectivity index (χ4n) is 2.11. The zero-order valence-electron chi connectivity index (χ0n) is 9.69. The van der Waals surface area contributed by atoms with Crippen LogP contribution >= 0.6 is 11.6 Å². The molecule has 0 saturated carbocycles. The quantitative estimate of drug-likeness (QED) is 0.853. The average Bonchev–Trinajstić information content (AvgIpc) is 2.77. The fourth-order valence-corrected chi connectivity index (χ4v) is 4.10. The molecule has 1 aromatic heterocycles. The maximum atomic E-state index is 12.4. The molecule has 0 aliphatic carbocycles. The lowest BCUT2D eigenvalue weighted by Gasteiger charge is -2.29. The Bertz CT molecular complexity index is 485. The number of hydrogen-bond acceptors (Lipinski definition) is 3. The molecule has 0 spiro atoms. The summed E-state index contributed by atoms with van der Waals surface area (Å²) in [7, 11) is -3.46. The van der Waals surface area contributed by atoms with Crippen LogP contribution in [0.25, 0.3) is 0 Å². The third-order valence-electron chi connectivity index (χ3n) is 3.04. The number of piperidine rings is 1. The van der Waals surface area contributed by atoms with Gasteiger partial charge in [0, 0.05) is 18.7 Å². The SMILES string of the molecule is CC1CCCN(S(=O)(=O)c2[nH]ncc2CCl)C1. The minimum atomic E-state index is -3.46. The van der Waals surface area contributed by atoms with E-state index in [9.17, 15) is 8.42 Å². The van der Waals surface area contributed by atoms with Gasteiger partial charge in [-0.25, -0.2) is 8.42 Å². The third-order valence-corrected chi connectivity index (χ3v) is 5.21. The summed E-state index contributed by atoms with van der Waals surface area (Å²) in [5.74, 6) is 0.551. The van der Waals surface area contributed by atoms with Crippen LogP contribution in [0.4, 0.5) is 0 Å². The van der Waals surface area contributed by atoms with E-state index in [1.165, 1.54) is 10.5 Å². The van der Waals surface area contributed by atoms with E-state index in [4.69, 9.17) is 11.6 Å². The highest BCUT2D eigenvalue weighted by atomic mass is 35.5. The Balaban J connectivity index is 2.30. The Morgan fingerprint density at radius 2 is 2.41 bits per heavy atom. The zero-order chi connectivity index (χ0) is 12.5. The average molecular weight is 278 g/mol. The number of sulfonamides is 1. The smallest absolute Gasteiger partial charge is 0.260 e. The first kappa shape index (κ1) is 12.9. The van der Waals surface area contributed by atoms with Crippen molar-refractivity contribution in [1.29, 1.82) is 0 Å². The van der Waals surface area contributed by atoms with Gasteiger partial charge in [-0.05, 0) is 18.8 Å². The summed E-state index contributed by atoms with van der Waals surface area (Å²) >= 11 is 5.70. The number of nitrogens with one attached hydrogen (secondary N) is 1. The van der Waals surface area contributed by atoms with E-state index in [2.05, 4.69) is 17.1 Å². The summed E-state index contributed by atoms with van der Waals surface area (Å²) in [6.45, 7) is 3.22. The van der Waals surface area contributed by atoms with Crippen LogP contribution in [0.2, 0.25) is 0 Å². The highest BCUT2D eigenvalue weighted by molar-refractivity contribution is 7.89. The fraction of sp³-hybridized carbons (Fsp3) is 0.700. The molecule has 1 saturated heterocycles. The van der Waals surface area contributed by atoms with Crippen LogP contribution in [-0.2, 0) is 15.9 Å². The van der Waals surface area contributed by atoms with Crippen molar-refractivity contribution in [1.82, 2.24) is 14.5 Å². The minimum Gasteiger partial charge on any atom is -0.266 e. The number of H-pyrrole nitrogens is 1. The summed E-state index contributed by atoms with van der Waals surface area (Å²) in [6, 6.07) is 0. The van der Waals surface area contributed by atoms with Crippen molar-refractivity contribution in [2.75, 3.05) is 13.1 Å². The van der Waals surface area contributed by atoms with Gasteiger partial charge < -0.3 is 0 Å². The van der Waals surface area contributed by atoms with E-state index < -0.39 is 10.0 Å². The highest BCUT2D eigenvalue weighted by Crippen LogP contribution is 2.24. The van der Waals surface area contributed by atoms with Crippen molar-refractivity contribution in [2.24, 2.45) is 5.92 Å². The second kappa shape index (κ2) is 4.96. The molecule has 0 amide bonds. The summed E-state index contributed by atoms with van der Waals surface area (Å²) in [4.78, 5) is 0. The Kier molecular flexibility index (Phi) is 3.75. The molecule has 1 N–H and O–H groups in total. The van der Waals surface area contributed by atoms with Crippen LogP contribution in [-0.4, -0.2) is 36.0 Å². The molecule has 1 aliphatic heterocycles. The van der Waals surface area contributed by atoms with Crippen molar-refractivity contribution in [2.45, 2.75) is 30.7 Å². The van der Waals surface area contributed by atoms with E-state index in [0.717, 1.165) is 12.8 Å². The van der Waals surface area contributed by atoms with Crippen LogP contribution in [0.1, 0.15) is 25.3 Å². The van der Waals surface area contributed by atoms with Gasteiger partial charge in [0.25, 0.3) is 10.0 Å². The molecular weight excluding hydrogens is 262 g/mol. The molecule has 5 nitrogen and oxygen atoms in total. The Hall–Kier alpha value is -0.590. The molecule has 2 rings (SSSR count). The molecular formula is C10H16ClN3O2S. The number of nitrogens with zero attached hydrogens (tertiary/aromatic N) is 2. The van der Waals surface area contributed by atoms with Crippen molar-refractivity contribution < 1.29 is 8.42 Å². The van der Waals surface area contributed by atoms with Gasteiger partial charge >= 0.3 is 0 Å². The minimum absolute atomic E-state index is 0.140. The third kappa shape index (κ3) is 2.48. The molecule has 0 radical (unpaired) electrons. The van der Waals surface area contributed by atoms with Crippen LogP contribution in [0, 0.1) is 5.92 Å². The predicted octanol–water partition coefficient (Wildman–Crippen LogP) is 1.57. The van der Waals surface area contributed by atoms with E-state index in [1.54, 1.807) is 0 Å². The van der Waals surface area contributed by atoms with Crippen molar-refractivity contribution in [3.05, 3.63) is 11.8 Å². The van der Waals surface area contributed by atoms with Crippen LogP contribution < -0.4 is 0 Å².